The summed E-state index contributed by atoms with van der Waals surface area (Å²) >= 11 is 0. The average Bonchev–Trinajstić information content (AvgIpc) is 2.78. The summed E-state index contributed by atoms with van der Waals surface area (Å²) in [7, 11) is 0. The van der Waals surface area contributed by atoms with E-state index in [1.807, 2.05) is 0 Å². The first-order valence-corrected chi connectivity index (χ1v) is 10.5. The van der Waals surface area contributed by atoms with E-state index in [4.69, 9.17) is 21.3 Å². The van der Waals surface area contributed by atoms with Crippen molar-refractivity contribution in [2.75, 3.05) is 26.2 Å². The first-order chi connectivity index (χ1) is 14.9. The molecule has 1 amide bonds. The summed E-state index contributed by atoms with van der Waals surface area (Å²) in [5.41, 5.74) is 12.9. The number of hydrogen-bond acceptors (Lipinski definition) is 7. The normalized spacial score (nSPS) is 18.5. The van der Waals surface area contributed by atoms with Gasteiger partial charge in [0.05, 0.1) is 12.6 Å². The Kier molecular flexibility index (Phi) is 10.3. The van der Waals surface area contributed by atoms with Gasteiger partial charge in [0.2, 0.25) is 5.91 Å². The van der Waals surface area contributed by atoms with Crippen molar-refractivity contribution in [3.05, 3.63) is 47.5 Å². The molecule has 1 aromatic rings. The second-order valence-electron chi connectivity index (χ2n) is 7.53. The highest BCUT2D eigenvalue weighted by molar-refractivity contribution is 5.99. The van der Waals surface area contributed by atoms with Crippen LogP contribution in [0.3, 0.4) is 0 Å². The van der Waals surface area contributed by atoms with Crippen LogP contribution in [0.15, 0.2) is 36.4 Å². The molecule has 0 radical (unpaired) electrons. The number of carboxylic acids is 1. The topological polar surface area (TPSA) is 157 Å². The van der Waals surface area contributed by atoms with Crippen LogP contribution in [0.5, 0.6) is 0 Å². The minimum atomic E-state index is -1.08. The van der Waals surface area contributed by atoms with Crippen LogP contribution in [0.2, 0.25) is 0 Å². The van der Waals surface area contributed by atoms with Crippen LogP contribution in [0.25, 0.3) is 0 Å². The third kappa shape index (κ3) is 8.58. The first-order valence-electron chi connectivity index (χ1n) is 10.5. The molecule has 0 aromatic heterocycles. The van der Waals surface area contributed by atoms with Crippen molar-refractivity contribution in [1.82, 2.24) is 10.6 Å². The zero-order valence-corrected chi connectivity index (χ0v) is 17.6. The van der Waals surface area contributed by atoms with Crippen LogP contribution in [0.4, 0.5) is 0 Å². The first kappa shape index (κ1) is 24.7. The molecule has 0 bridgehead atoms. The van der Waals surface area contributed by atoms with Crippen LogP contribution in [-0.2, 0) is 20.7 Å². The molecule has 3 atom stereocenters. The van der Waals surface area contributed by atoms with Crippen molar-refractivity contribution in [3.63, 3.8) is 0 Å². The molecule has 2 rings (SSSR count). The van der Waals surface area contributed by atoms with Crippen molar-refractivity contribution in [2.24, 2.45) is 11.5 Å². The third-order valence-corrected chi connectivity index (χ3v) is 5.02. The lowest BCUT2D eigenvalue weighted by Gasteiger charge is -2.22. The Labute approximate surface area is 182 Å². The van der Waals surface area contributed by atoms with Gasteiger partial charge in [-0.15, -0.1) is 0 Å². The summed E-state index contributed by atoms with van der Waals surface area (Å²) in [6, 6.07) is 5.75. The second kappa shape index (κ2) is 13.0. The van der Waals surface area contributed by atoms with Gasteiger partial charge in [0, 0.05) is 30.8 Å². The number of carbonyl (C=O) groups excluding carboxylic acids is 2. The predicted molar refractivity (Wildman–Crippen MR) is 117 cm³/mol. The van der Waals surface area contributed by atoms with E-state index in [-0.39, 0.29) is 11.7 Å². The molecule has 31 heavy (non-hydrogen) atoms. The van der Waals surface area contributed by atoms with Gasteiger partial charge in [-0.25, -0.2) is 4.79 Å². The SMILES string of the molecule is NCCCCC(C=CC(=O)O)NC(=O)[C@@H](N)Cc1ccc(C(=O)C2CNCCO2)cc1. The van der Waals surface area contributed by atoms with Crippen LogP contribution in [0, 0.1) is 0 Å². The maximum atomic E-state index is 12.5. The molecule has 1 saturated heterocycles. The van der Waals surface area contributed by atoms with Gasteiger partial charge in [-0.05, 0) is 37.8 Å². The molecule has 1 aliphatic heterocycles. The largest absolute Gasteiger partial charge is 0.478 e. The molecule has 1 aliphatic rings. The molecule has 0 saturated carbocycles. The van der Waals surface area contributed by atoms with Crippen LogP contribution in [0.1, 0.15) is 35.2 Å². The highest BCUT2D eigenvalue weighted by atomic mass is 16.5. The number of Topliss-reactive ketones (excluding diaryl/α,β-unsaturated/α-hetero) is 1. The Morgan fingerprint density at radius 2 is 2.00 bits per heavy atom. The van der Waals surface area contributed by atoms with Crippen LogP contribution in [-0.4, -0.2) is 67.2 Å². The van der Waals surface area contributed by atoms with E-state index >= 15 is 0 Å². The lowest BCUT2D eigenvalue weighted by Crippen LogP contribution is -2.46. The fourth-order valence-corrected chi connectivity index (χ4v) is 3.28. The molecule has 9 nitrogen and oxygen atoms in total. The Morgan fingerprint density at radius 3 is 2.61 bits per heavy atom. The van der Waals surface area contributed by atoms with Crippen LogP contribution < -0.4 is 22.1 Å². The van der Waals surface area contributed by atoms with E-state index in [0.717, 1.165) is 31.0 Å². The summed E-state index contributed by atoms with van der Waals surface area (Å²) in [4.78, 5) is 35.8. The molecule has 0 aliphatic carbocycles. The monoisotopic (exact) mass is 432 g/mol. The summed E-state index contributed by atoms with van der Waals surface area (Å²) in [6.45, 7) is 2.27. The third-order valence-electron chi connectivity index (χ3n) is 5.02. The van der Waals surface area contributed by atoms with Crippen molar-refractivity contribution < 1.29 is 24.2 Å². The minimum absolute atomic E-state index is 0.0775. The fraction of sp³-hybridized carbons (Fsp3) is 0.500. The van der Waals surface area contributed by atoms with Crippen molar-refractivity contribution in [2.45, 2.75) is 43.9 Å². The number of carbonyl (C=O) groups is 3. The molecule has 1 heterocycles. The van der Waals surface area contributed by atoms with Gasteiger partial charge in [-0.2, -0.15) is 0 Å². The van der Waals surface area contributed by atoms with E-state index in [1.54, 1.807) is 24.3 Å². The van der Waals surface area contributed by atoms with E-state index in [1.165, 1.54) is 6.08 Å². The lowest BCUT2D eigenvalue weighted by atomic mass is 10.00. The standard InChI is InChI=1S/C22H32N4O5/c23-10-2-1-3-17(8-9-20(27)28)26-22(30)18(24)13-15-4-6-16(7-5-15)21(29)19-14-25-11-12-31-19/h4-9,17-19,25H,1-3,10-14,23-24H2,(H,26,30)(H,27,28)/t17?,18-,19?/m0/s1. The maximum absolute atomic E-state index is 12.5. The molecular formula is C22H32N4O5. The van der Waals surface area contributed by atoms with Gasteiger partial charge >= 0.3 is 5.97 Å². The zero-order valence-electron chi connectivity index (χ0n) is 17.6. The highest BCUT2D eigenvalue weighted by Gasteiger charge is 2.23. The van der Waals surface area contributed by atoms with Crippen LogP contribution >= 0.6 is 0 Å². The number of ether oxygens (including phenoxy) is 1. The number of unbranched alkanes of at least 4 members (excludes halogenated alkanes) is 1. The van der Waals surface area contributed by atoms with Crippen molar-refractivity contribution >= 4 is 17.7 Å². The van der Waals surface area contributed by atoms with E-state index < -0.39 is 24.2 Å². The Hall–Kier alpha value is -2.59. The second-order valence-corrected chi connectivity index (χ2v) is 7.53. The smallest absolute Gasteiger partial charge is 0.328 e. The molecule has 9 heteroatoms. The average molecular weight is 433 g/mol. The number of amides is 1. The molecule has 2 unspecified atom stereocenters. The van der Waals surface area contributed by atoms with Gasteiger partial charge in [0.1, 0.15) is 6.10 Å². The number of carboxylic acid groups (broad SMARTS) is 1. The predicted octanol–water partition coefficient (Wildman–Crippen LogP) is -0.0179. The Balaban J connectivity index is 1.91. The van der Waals surface area contributed by atoms with Gasteiger partial charge in [-0.1, -0.05) is 30.3 Å². The molecule has 1 aromatic carbocycles. The number of hydrogen-bond donors (Lipinski definition) is 5. The zero-order chi connectivity index (χ0) is 22.6. The highest BCUT2D eigenvalue weighted by Crippen LogP contribution is 2.12. The number of aliphatic carboxylic acids is 1. The molecule has 1 fully saturated rings. The van der Waals surface area contributed by atoms with Crippen molar-refractivity contribution in [1.29, 1.82) is 0 Å². The number of rotatable bonds is 12. The number of benzene rings is 1. The van der Waals surface area contributed by atoms with Gasteiger partial charge in [-0.3, -0.25) is 9.59 Å². The molecular weight excluding hydrogens is 400 g/mol. The van der Waals surface area contributed by atoms with E-state index in [2.05, 4.69) is 10.6 Å². The van der Waals surface area contributed by atoms with E-state index in [9.17, 15) is 14.4 Å². The maximum Gasteiger partial charge on any atom is 0.328 e. The van der Waals surface area contributed by atoms with Gasteiger partial charge in [0.15, 0.2) is 5.78 Å². The fourth-order valence-electron chi connectivity index (χ4n) is 3.28. The van der Waals surface area contributed by atoms with Gasteiger partial charge in [0.25, 0.3) is 0 Å². The summed E-state index contributed by atoms with van der Waals surface area (Å²) < 4.78 is 5.49. The minimum Gasteiger partial charge on any atom is -0.478 e. The summed E-state index contributed by atoms with van der Waals surface area (Å²) in [5.74, 6) is -1.52. The Morgan fingerprint density at radius 1 is 1.26 bits per heavy atom. The number of nitrogens with two attached hydrogens (primary N) is 2. The lowest BCUT2D eigenvalue weighted by molar-refractivity contribution is -0.131. The molecule has 0 spiro atoms. The molecule has 170 valence electrons. The quantitative estimate of drug-likeness (QED) is 0.175. The summed E-state index contributed by atoms with van der Waals surface area (Å²) in [6.07, 6.45) is 4.39. The van der Waals surface area contributed by atoms with Crippen molar-refractivity contribution in [3.8, 4) is 0 Å². The number of ketones is 1. The number of nitrogens with one attached hydrogen (secondary N) is 2. The molecule has 7 N–H and O–H groups in total. The van der Waals surface area contributed by atoms with E-state index in [0.29, 0.717) is 38.1 Å². The summed E-state index contributed by atoms with van der Waals surface area (Å²) in [5, 5.41) is 14.8. The number of morpholine rings is 1. The van der Waals surface area contributed by atoms with Gasteiger partial charge < -0.3 is 31.9 Å². The Bertz CT molecular complexity index is 760.